The average Bonchev–Trinajstić information content (AvgIpc) is 2.38. The zero-order chi connectivity index (χ0) is 16.4. The number of hydrogen-bond acceptors (Lipinski definition) is 3. The van der Waals surface area contributed by atoms with Crippen molar-refractivity contribution in [2.24, 2.45) is 5.41 Å². The van der Waals surface area contributed by atoms with Crippen molar-refractivity contribution in [3.63, 3.8) is 0 Å². The summed E-state index contributed by atoms with van der Waals surface area (Å²) in [4.78, 5) is 16.0. The van der Waals surface area contributed by atoms with E-state index in [1.807, 2.05) is 34.6 Å². The van der Waals surface area contributed by atoms with Crippen LogP contribution in [0.25, 0.3) is 0 Å². The van der Waals surface area contributed by atoms with Gasteiger partial charge in [-0.05, 0) is 36.7 Å². The van der Waals surface area contributed by atoms with Crippen LogP contribution in [0.3, 0.4) is 0 Å². The number of aromatic nitrogens is 1. The minimum Gasteiger partial charge on any atom is -0.388 e. The molecule has 1 atom stereocenters. The molecule has 1 heterocycles. The van der Waals surface area contributed by atoms with Gasteiger partial charge in [0.05, 0.1) is 11.8 Å². The molecule has 0 saturated heterocycles. The lowest BCUT2D eigenvalue weighted by molar-refractivity contribution is 0.0971. The van der Waals surface area contributed by atoms with Gasteiger partial charge in [0.15, 0.2) is 6.29 Å². The molecule has 1 unspecified atom stereocenters. The average molecular weight is 291 g/mol. The maximum atomic E-state index is 11.4. The van der Waals surface area contributed by atoms with E-state index in [9.17, 15) is 9.90 Å². The summed E-state index contributed by atoms with van der Waals surface area (Å²) in [6.45, 7) is 14.3. The fourth-order valence-corrected chi connectivity index (χ4v) is 3.14. The molecule has 1 aliphatic rings. The summed E-state index contributed by atoms with van der Waals surface area (Å²) in [5.74, 6) is 0.214. The van der Waals surface area contributed by atoms with Crippen molar-refractivity contribution in [3.05, 3.63) is 28.1 Å². The van der Waals surface area contributed by atoms with Crippen LogP contribution in [0, 0.1) is 12.3 Å². The number of pyridine rings is 1. The van der Waals surface area contributed by atoms with E-state index in [1.54, 1.807) is 0 Å². The van der Waals surface area contributed by atoms with Crippen molar-refractivity contribution in [2.75, 3.05) is 0 Å². The van der Waals surface area contributed by atoms with Crippen molar-refractivity contribution in [1.82, 2.24) is 4.98 Å². The number of carbonyl (C=O) groups is 1. The number of hydrogen-bond donors (Lipinski definition) is 1. The highest BCUT2D eigenvalue weighted by atomic mass is 16.3. The number of carbonyl (C=O) groups excluding carboxylic acids is 1. The minimum absolute atomic E-state index is 0.0583. The van der Waals surface area contributed by atoms with Gasteiger partial charge in [-0.25, -0.2) is 0 Å². The zero-order valence-electron chi connectivity index (χ0n) is 14.4. The van der Waals surface area contributed by atoms with Gasteiger partial charge < -0.3 is 5.11 Å². The van der Waals surface area contributed by atoms with Crippen LogP contribution in [0.4, 0.5) is 0 Å². The second-order valence-electron chi connectivity index (χ2n) is 6.73. The zero-order valence-corrected chi connectivity index (χ0v) is 14.4. The van der Waals surface area contributed by atoms with Gasteiger partial charge in [0, 0.05) is 16.8 Å². The number of aliphatic hydroxyl groups is 1. The molecule has 0 radical (unpaired) electrons. The van der Waals surface area contributed by atoms with E-state index in [1.165, 1.54) is 0 Å². The topological polar surface area (TPSA) is 50.2 Å². The first-order valence-electron chi connectivity index (χ1n) is 7.93. The van der Waals surface area contributed by atoms with Crippen molar-refractivity contribution in [1.29, 1.82) is 0 Å². The van der Waals surface area contributed by atoms with Crippen molar-refractivity contribution >= 4 is 6.29 Å². The van der Waals surface area contributed by atoms with Crippen LogP contribution >= 0.6 is 0 Å². The summed E-state index contributed by atoms with van der Waals surface area (Å²) in [6.07, 6.45) is 1.96. The Labute approximate surface area is 128 Å². The van der Waals surface area contributed by atoms with Gasteiger partial charge in [0.2, 0.25) is 0 Å². The highest BCUT2D eigenvalue weighted by molar-refractivity contribution is 5.80. The van der Waals surface area contributed by atoms with Crippen LogP contribution in [0.5, 0.6) is 0 Å². The van der Waals surface area contributed by atoms with Crippen LogP contribution in [-0.2, 0) is 6.42 Å². The summed E-state index contributed by atoms with van der Waals surface area (Å²) in [5.41, 5.74) is 4.33. The molecule has 0 fully saturated rings. The van der Waals surface area contributed by atoms with Gasteiger partial charge in [-0.2, -0.15) is 0 Å². The molecule has 3 nitrogen and oxygen atoms in total. The van der Waals surface area contributed by atoms with E-state index in [-0.39, 0.29) is 11.3 Å². The van der Waals surface area contributed by atoms with Crippen LogP contribution in [-0.4, -0.2) is 16.4 Å². The predicted molar refractivity (Wildman–Crippen MR) is 86.9 cm³/mol. The number of aliphatic hydroxyl groups excluding tert-OH is 1. The standard InChI is InChI=1S/C16H23NO2.C2H6/c1-9(2)15-11(8-18)10(3)14-12(17-15)6-16(4,5)7-13(14)19;1-2/h8-9,13,19H,6-7H2,1-5H3;1-2H3. The summed E-state index contributed by atoms with van der Waals surface area (Å²) in [5, 5.41) is 10.4. The van der Waals surface area contributed by atoms with Crippen molar-refractivity contribution in [3.8, 4) is 0 Å². The monoisotopic (exact) mass is 291 g/mol. The Bertz CT molecular complexity index is 518. The normalized spacial score (nSPS) is 19.6. The molecule has 0 aliphatic heterocycles. The lowest BCUT2D eigenvalue weighted by Crippen LogP contribution is -2.28. The molecule has 1 aliphatic carbocycles. The third kappa shape index (κ3) is 3.52. The second kappa shape index (κ2) is 6.69. The molecule has 0 bridgehead atoms. The summed E-state index contributed by atoms with van der Waals surface area (Å²) < 4.78 is 0. The Balaban J connectivity index is 0.00000106. The molecule has 0 saturated carbocycles. The Morgan fingerprint density at radius 2 is 1.90 bits per heavy atom. The van der Waals surface area contributed by atoms with Crippen LogP contribution in [0.1, 0.15) is 92.9 Å². The first kappa shape index (κ1) is 17.8. The van der Waals surface area contributed by atoms with Crippen molar-refractivity contribution < 1.29 is 9.90 Å². The molecule has 1 N–H and O–H groups in total. The number of aldehydes is 1. The van der Waals surface area contributed by atoms with Crippen molar-refractivity contribution in [2.45, 2.75) is 73.3 Å². The van der Waals surface area contributed by atoms with Gasteiger partial charge in [0.25, 0.3) is 0 Å². The molecular formula is C18H29NO2. The summed E-state index contributed by atoms with van der Waals surface area (Å²) >= 11 is 0. The summed E-state index contributed by atoms with van der Waals surface area (Å²) in [6, 6.07) is 0. The number of rotatable bonds is 2. The molecule has 1 aromatic rings. The third-order valence-electron chi connectivity index (χ3n) is 4.04. The third-order valence-corrected chi connectivity index (χ3v) is 4.04. The van der Waals surface area contributed by atoms with Gasteiger partial charge >= 0.3 is 0 Å². The fraction of sp³-hybridized carbons (Fsp3) is 0.667. The largest absolute Gasteiger partial charge is 0.388 e. The Hall–Kier alpha value is -1.22. The summed E-state index contributed by atoms with van der Waals surface area (Å²) in [7, 11) is 0. The molecule has 118 valence electrons. The second-order valence-corrected chi connectivity index (χ2v) is 6.73. The van der Waals surface area contributed by atoms with Gasteiger partial charge in [-0.15, -0.1) is 0 Å². The fourth-order valence-electron chi connectivity index (χ4n) is 3.14. The van der Waals surface area contributed by atoms with E-state index in [2.05, 4.69) is 13.8 Å². The lowest BCUT2D eigenvalue weighted by Gasteiger charge is -2.35. The molecule has 0 spiro atoms. The number of fused-ring (bicyclic) bond motifs is 1. The molecule has 0 amide bonds. The molecule has 0 aromatic carbocycles. The van der Waals surface area contributed by atoms with E-state index >= 15 is 0 Å². The maximum absolute atomic E-state index is 11.4. The SMILES string of the molecule is CC.Cc1c(C=O)c(C(C)C)nc2c1C(O)CC(C)(C)C2. The van der Waals surface area contributed by atoms with Crippen LogP contribution < -0.4 is 0 Å². The molecular weight excluding hydrogens is 262 g/mol. The molecule has 3 heteroatoms. The highest BCUT2D eigenvalue weighted by Gasteiger charge is 2.34. The van der Waals surface area contributed by atoms with Gasteiger partial charge in [-0.1, -0.05) is 41.5 Å². The number of nitrogens with zero attached hydrogens (tertiary/aromatic N) is 1. The predicted octanol–water partition coefficient (Wildman–Crippen LogP) is 4.36. The smallest absolute Gasteiger partial charge is 0.152 e. The molecule has 21 heavy (non-hydrogen) atoms. The Kier molecular flexibility index (Phi) is 5.68. The lowest BCUT2D eigenvalue weighted by atomic mass is 9.73. The molecule has 1 aromatic heterocycles. The quantitative estimate of drug-likeness (QED) is 0.824. The first-order chi connectivity index (χ1) is 9.76. The van der Waals surface area contributed by atoms with E-state index in [4.69, 9.17) is 4.98 Å². The maximum Gasteiger partial charge on any atom is 0.152 e. The Morgan fingerprint density at radius 1 is 1.33 bits per heavy atom. The van der Waals surface area contributed by atoms with Crippen LogP contribution in [0.15, 0.2) is 0 Å². The first-order valence-corrected chi connectivity index (χ1v) is 7.93. The minimum atomic E-state index is -0.508. The van der Waals surface area contributed by atoms with Crippen LogP contribution in [0.2, 0.25) is 0 Å². The Morgan fingerprint density at radius 3 is 2.38 bits per heavy atom. The van der Waals surface area contributed by atoms with Gasteiger partial charge in [-0.3, -0.25) is 9.78 Å². The van der Waals surface area contributed by atoms with E-state index in [0.717, 1.165) is 41.6 Å². The van der Waals surface area contributed by atoms with E-state index < -0.39 is 6.10 Å². The van der Waals surface area contributed by atoms with E-state index in [0.29, 0.717) is 5.56 Å². The molecule has 2 rings (SSSR count). The highest BCUT2D eigenvalue weighted by Crippen LogP contribution is 2.42. The van der Waals surface area contributed by atoms with Gasteiger partial charge in [0.1, 0.15) is 0 Å².